The molecular formula is C19H16N2O3S. The first kappa shape index (κ1) is 15.8. The Morgan fingerprint density at radius 3 is 2.64 bits per heavy atom. The van der Waals surface area contributed by atoms with Crippen molar-refractivity contribution in [1.82, 2.24) is 4.98 Å². The Bertz CT molecular complexity index is 877. The molecule has 0 aliphatic carbocycles. The summed E-state index contributed by atoms with van der Waals surface area (Å²) in [6.45, 7) is 0. The number of rotatable bonds is 4. The first-order valence-corrected chi connectivity index (χ1v) is 8.90. The highest BCUT2D eigenvalue weighted by molar-refractivity contribution is 8.00. The lowest BCUT2D eigenvalue weighted by Gasteiger charge is -2.20. The van der Waals surface area contributed by atoms with E-state index in [0.717, 1.165) is 16.9 Å². The third-order valence-corrected chi connectivity index (χ3v) is 5.25. The van der Waals surface area contributed by atoms with Crippen molar-refractivity contribution in [2.75, 3.05) is 17.8 Å². The minimum absolute atomic E-state index is 0.00715. The molecule has 3 aromatic rings. The second-order valence-corrected chi connectivity index (χ2v) is 6.65. The van der Waals surface area contributed by atoms with Crippen molar-refractivity contribution in [3.05, 3.63) is 66.4 Å². The molecule has 1 atom stereocenters. The monoisotopic (exact) mass is 352 g/mol. The molecule has 1 aromatic heterocycles. The highest BCUT2D eigenvalue weighted by Crippen LogP contribution is 2.42. The molecule has 0 saturated carbocycles. The van der Waals surface area contributed by atoms with Gasteiger partial charge in [-0.1, -0.05) is 42.5 Å². The van der Waals surface area contributed by atoms with E-state index in [2.05, 4.69) is 4.98 Å². The third-order valence-electron chi connectivity index (χ3n) is 4.04. The maximum Gasteiger partial charge on any atom is 0.305 e. The van der Waals surface area contributed by atoms with Crippen LogP contribution in [0.15, 0.2) is 65.3 Å². The average Bonchev–Trinajstić information content (AvgIpc) is 3.29. The van der Waals surface area contributed by atoms with Crippen molar-refractivity contribution in [1.29, 1.82) is 0 Å². The number of ether oxygens (including phenoxy) is 1. The van der Waals surface area contributed by atoms with Gasteiger partial charge in [0.15, 0.2) is 0 Å². The topological polar surface area (TPSA) is 55.6 Å². The summed E-state index contributed by atoms with van der Waals surface area (Å²) in [4.78, 5) is 18.6. The van der Waals surface area contributed by atoms with Crippen LogP contribution in [0.5, 0.6) is 5.75 Å². The number of carbonyl (C=O) groups excluding carboxylic acids is 1. The number of thioether (sulfide) groups is 1. The molecule has 0 spiro atoms. The standard InChI is InChI=1S/C19H16N2O3S/c1-23-15-9-7-14(8-10-15)18-21(17(22)12-25-18)19-20-16(11-24-19)13-5-3-2-4-6-13/h2-11,18H,12H2,1H3. The Morgan fingerprint density at radius 1 is 1.16 bits per heavy atom. The first-order chi connectivity index (χ1) is 12.3. The smallest absolute Gasteiger partial charge is 0.305 e. The highest BCUT2D eigenvalue weighted by Gasteiger charge is 2.37. The van der Waals surface area contributed by atoms with Gasteiger partial charge in [-0.15, -0.1) is 11.8 Å². The normalized spacial score (nSPS) is 17.1. The van der Waals surface area contributed by atoms with Gasteiger partial charge in [-0.05, 0) is 17.7 Å². The van der Waals surface area contributed by atoms with E-state index in [1.54, 1.807) is 30.0 Å². The summed E-state index contributed by atoms with van der Waals surface area (Å²) in [6.07, 6.45) is 1.59. The lowest BCUT2D eigenvalue weighted by Crippen LogP contribution is -2.28. The molecule has 1 amide bonds. The van der Waals surface area contributed by atoms with Crippen LogP contribution in [0.4, 0.5) is 6.01 Å². The summed E-state index contributed by atoms with van der Waals surface area (Å²) in [6, 6.07) is 17.8. The van der Waals surface area contributed by atoms with E-state index in [-0.39, 0.29) is 11.3 Å². The Balaban J connectivity index is 1.65. The number of aromatic nitrogens is 1. The Labute approximate surface area is 149 Å². The van der Waals surface area contributed by atoms with Gasteiger partial charge in [-0.2, -0.15) is 4.98 Å². The predicted octanol–water partition coefficient (Wildman–Crippen LogP) is 4.13. The summed E-state index contributed by atoms with van der Waals surface area (Å²) in [5, 5.41) is -0.152. The van der Waals surface area contributed by atoms with Crippen molar-refractivity contribution >= 4 is 23.7 Å². The Morgan fingerprint density at radius 2 is 1.92 bits per heavy atom. The van der Waals surface area contributed by atoms with Crippen LogP contribution in [0, 0.1) is 0 Å². The van der Waals surface area contributed by atoms with Crippen LogP contribution in [0.3, 0.4) is 0 Å². The van der Waals surface area contributed by atoms with Crippen molar-refractivity contribution in [3.63, 3.8) is 0 Å². The van der Waals surface area contributed by atoms with Gasteiger partial charge in [-0.3, -0.25) is 4.79 Å². The molecule has 2 aromatic carbocycles. The third kappa shape index (κ3) is 3.00. The molecule has 1 aliphatic rings. The zero-order valence-electron chi connectivity index (χ0n) is 13.6. The van der Waals surface area contributed by atoms with Gasteiger partial charge in [0.2, 0.25) is 5.91 Å². The van der Waals surface area contributed by atoms with Crippen molar-refractivity contribution in [2.24, 2.45) is 0 Å². The molecule has 6 heteroatoms. The largest absolute Gasteiger partial charge is 0.497 e. The zero-order chi connectivity index (χ0) is 17.2. The van der Waals surface area contributed by atoms with E-state index >= 15 is 0 Å². The van der Waals surface area contributed by atoms with Crippen LogP contribution in [0.2, 0.25) is 0 Å². The van der Waals surface area contributed by atoms with Crippen molar-refractivity contribution in [3.8, 4) is 17.0 Å². The SMILES string of the molecule is COc1ccc(C2SCC(=O)N2c2nc(-c3ccccc3)co2)cc1. The molecule has 1 fully saturated rings. The summed E-state index contributed by atoms with van der Waals surface area (Å²) in [5.41, 5.74) is 2.68. The summed E-state index contributed by atoms with van der Waals surface area (Å²) < 4.78 is 10.8. The number of carbonyl (C=O) groups is 1. The minimum atomic E-state index is -0.152. The van der Waals surface area contributed by atoms with E-state index in [0.29, 0.717) is 17.5 Å². The lowest BCUT2D eigenvalue weighted by molar-refractivity contribution is -0.116. The van der Waals surface area contributed by atoms with Gasteiger partial charge in [0, 0.05) is 5.56 Å². The van der Waals surface area contributed by atoms with Crippen LogP contribution in [-0.4, -0.2) is 23.8 Å². The number of methoxy groups -OCH3 is 1. The summed E-state index contributed by atoms with van der Waals surface area (Å²) >= 11 is 1.56. The molecule has 126 valence electrons. The number of hydrogen-bond acceptors (Lipinski definition) is 5. The van der Waals surface area contributed by atoms with Gasteiger partial charge in [0.25, 0.3) is 0 Å². The summed E-state index contributed by atoms with van der Waals surface area (Å²) in [5.74, 6) is 1.18. The number of oxazole rings is 1. The van der Waals surface area contributed by atoms with Gasteiger partial charge in [-0.25, -0.2) is 4.90 Å². The van der Waals surface area contributed by atoms with E-state index in [1.165, 1.54) is 0 Å². The average molecular weight is 352 g/mol. The van der Waals surface area contributed by atoms with Gasteiger partial charge in [0.05, 0.1) is 12.9 Å². The second kappa shape index (κ2) is 6.64. The molecule has 1 unspecified atom stereocenters. The lowest BCUT2D eigenvalue weighted by atomic mass is 10.2. The van der Waals surface area contributed by atoms with Crippen LogP contribution < -0.4 is 9.64 Å². The molecule has 5 nitrogen and oxygen atoms in total. The first-order valence-electron chi connectivity index (χ1n) is 7.85. The highest BCUT2D eigenvalue weighted by atomic mass is 32.2. The molecule has 1 saturated heterocycles. The van der Waals surface area contributed by atoms with E-state index < -0.39 is 0 Å². The van der Waals surface area contributed by atoms with Gasteiger partial charge >= 0.3 is 6.01 Å². The number of amides is 1. The Kier molecular flexibility index (Phi) is 4.19. The molecule has 4 rings (SSSR count). The fourth-order valence-corrected chi connectivity index (χ4v) is 3.91. The van der Waals surface area contributed by atoms with E-state index in [1.807, 2.05) is 54.6 Å². The minimum Gasteiger partial charge on any atom is -0.497 e. The van der Waals surface area contributed by atoms with Crippen LogP contribution >= 0.6 is 11.8 Å². The Hall–Kier alpha value is -2.73. The van der Waals surface area contributed by atoms with Crippen LogP contribution in [0.1, 0.15) is 10.9 Å². The van der Waals surface area contributed by atoms with Gasteiger partial charge in [0.1, 0.15) is 23.1 Å². The van der Waals surface area contributed by atoms with Crippen molar-refractivity contribution in [2.45, 2.75) is 5.37 Å². The molecular weight excluding hydrogens is 336 g/mol. The van der Waals surface area contributed by atoms with E-state index in [4.69, 9.17) is 9.15 Å². The molecule has 2 heterocycles. The maximum absolute atomic E-state index is 12.4. The fourth-order valence-electron chi connectivity index (χ4n) is 2.76. The quantitative estimate of drug-likeness (QED) is 0.707. The van der Waals surface area contributed by atoms with Crippen molar-refractivity contribution < 1.29 is 13.9 Å². The van der Waals surface area contributed by atoms with Gasteiger partial charge < -0.3 is 9.15 Å². The predicted molar refractivity (Wildman–Crippen MR) is 97.6 cm³/mol. The molecule has 0 N–H and O–H groups in total. The molecule has 25 heavy (non-hydrogen) atoms. The molecule has 0 bridgehead atoms. The number of anilines is 1. The number of nitrogens with zero attached hydrogens (tertiary/aromatic N) is 2. The van der Waals surface area contributed by atoms with Crippen LogP contribution in [0.25, 0.3) is 11.3 Å². The number of hydrogen-bond donors (Lipinski definition) is 0. The molecule has 0 radical (unpaired) electrons. The second-order valence-electron chi connectivity index (χ2n) is 5.58. The van der Waals surface area contributed by atoms with Crippen LogP contribution in [-0.2, 0) is 4.79 Å². The zero-order valence-corrected chi connectivity index (χ0v) is 14.4. The number of benzene rings is 2. The van der Waals surface area contributed by atoms with E-state index in [9.17, 15) is 4.79 Å². The summed E-state index contributed by atoms with van der Waals surface area (Å²) in [7, 11) is 1.63. The molecule has 1 aliphatic heterocycles. The maximum atomic E-state index is 12.4. The fraction of sp³-hybridized carbons (Fsp3) is 0.158.